The van der Waals surface area contributed by atoms with E-state index in [4.69, 9.17) is 14.4 Å². The molecular formula is C43H50IrN3O3-. The van der Waals surface area contributed by atoms with Gasteiger partial charge < -0.3 is 9.52 Å². The van der Waals surface area contributed by atoms with Crippen LogP contribution in [0.2, 0.25) is 0 Å². The Hall–Kier alpha value is -3.93. The Labute approximate surface area is 310 Å². The number of hydrogen-bond donors (Lipinski definition) is 1. The Morgan fingerprint density at radius 1 is 0.860 bits per heavy atom. The number of rotatable bonds is 9. The molecule has 1 radical (unpaired) electrons. The molecule has 0 saturated heterocycles. The van der Waals surface area contributed by atoms with E-state index in [9.17, 15) is 9.90 Å². The van der Waals surface area contributed by atoms with Crippen molar-refractivity contribution in [2.45, 2.75) is 101 Å². The van der Waals surface area contributed by atoms with Gasteiger partial charge in [0.05, 0.1) is 11.1 Å². The predicted octanol–water partition coefficient (Wildman–Crippen LogP) is 11.9. The summed E-state index contributed by atoms with van der Waals surface area (Å²) in [6.07, 6.45) is 4.75. The van der Waals surface area contributed by atoms with Gasteiger partial charge in [-0.25, -0.2) is 9.97 Å². The van der Waals surface area contributed by atoms with E-state index in [0.29, 0.717) is 11.6 Å². The molecule has 0 aliphatic carbocycles. The van der Waals surface area contributed by atoms with E-state index in [0.717, 1.165) is 75.7 Å². The largest absolute Gasteiger partial charge is 0.512 e. The number of fused-ring (bicyclic) bond motifs is 6. The van der Waals surface area contributed by atoms with Gasteiger partial charge in [-0.05, 0) is 73.9 Å². The van der Waals surface area contributed by atoms with E-state index in [1.807, 2.05) is 73.6 Å². The van der Waals surface area contributed by atoms with Crippen LogP contribution in [0, 0.1) is 30.7 Å². The van der Waals surface area contributed by atoms with Crippen molar-refractivity contribution in [2.24, 2.45) is 10.8 Å². The van der Waals surface area contributed by atoms with Crippen LogP contribution in [0.5, 0.6) is 0 Å². The SMILES string of the molecule is CCC(C)(CC)C(=O)/C=C(\O)C(C)(CC)CC.Cc1ccc2c(n1)oc1c(-c3nc(C)nc4c3ccc3cccc(C(C)C)c34)[c-]ccc12.[Ir]. The molecule has 0 aliphatic rings. The van der Waals surface area contributed by atoms with Crippen molar-refractivity contribution in [3.8, 4) is 11.3 Å². The van der Waals surface area contributed by atoms with Crippen molar-refractivity contribution < 1.29 is 34.4 Å². The standard InChI is InChI=1S/C28H22N3O.C15H28O2.Ir/c1-15(2)19-8-5-7-18-12-14-22-25(30-17(4)31-26(22)24(18)19)23-10-6-9-20-21-13-11-16(3)29-28(21)32-27(20)23;1-7-14(5,8-2)12(16)11-13(17)15(6,9-3)10-4;/h5-9,11-15H,1-4H3;11,16H,7-10H2,1-6H3;/q-1;;/b;12-11-;. The van der Waals surface area contributed by atoms with Crippen molar-refractivity contribution in [2.75, 3.05) is 0 Å². The van der Waals surface area contributed by atoms with E-state index < -0.39 is 0 Å². The first-order valence-corrected chi connectivity index (χ1v) is 17.7. The summed E-state index contributed by atoms with van der Waals surface area (Å²) in [4.78, 5) is 26.5. The van der Waals surface area contributed by atoms with Gasteiger partial charge in [0.15, 0.2) is 5.78 Å². The third-order valence-corrected chi connectivity index (χ3v) is 10.8. The first kappa shape index (κ1) is 38.9. The van der Waals surface area contributed by atoms with Crippen molar-refractivity contribution in [3.05, 3.63) is 89.6 Å². The topological polar surface area (TPSA) is 89.1 Å². The summed E-state index contributed by atoms with van der Waals surface area (Å²) in [5.41, 5.74) is 5.68. The maximum atomic E-state index is 12.2. The van der Waals surface area contributed by atoms with E-state index in [2.05, 4.69) is 61.3 Å². The van der Waals surface area contributed by atoms with Crippen LogP contribution in [0.15, 0.2) is 70.8 Å². The minimum absolute atomic E-state index is 0. The predicted molar refractivity (Wildman–Crippen MR) is 203 cm³/mol. The van der Waals surface area contributed by atoms with E-state index in [-0.39, 0.29) is 42.5 Å². The number of furan rings is 1. The number of aliphatic hydroxyl groups excluding tert-OH is 1. The molecule has 0 spiro atoms. The fraction of sp³-hybridized carbons (Fsp3) is 0.395. The number of carbonyl (C=O) groups excluding carboxylic acids is 1. The number of allylic oxidation sites excluding steroid dienone is 2. The number of aryl methyl sites for hydroxylation is 2. The molecule has 6 rings (SSSR count). The van der Waals surface area contributed by atoms with Gasteiger partial charge in [-0.1, -0.05) is 96.7 Å². The fourth-order valence-electron chi connectivity index (χ4n) is 6.35. The summed E-state index contributed by atoms with van der Waals surface area (Å²) < 4.78 is 6.25. The Kier molecular flexibility index (Phi) is 12.1. The van der Waals surface area contributed by atoms with Crippen molar-refractivity contribution >= 4 is 49.5 Å². The summed E-state index contributed by atoms with van der Waals surface area (Å²) in [6.45, 7) is 20.4. The summed E-state index contributed by atoms with van der Waals surface area (Å²) in [5.74, 6) is 1.41. The van der Waals surface area contributed by atoms with Crippen LogP contribution >= 0.6 is 0 Å². The summed E-state index contributed by atoms with van der Waals surface area (Å²) in [6, 6.07) is 22.2. The third-order valence-electron chi connectivity index (χ3n) is 10.8. The molecule has 50 heavy (non-hydrogen) atoms. The second-order valence-electron chi connectivity index (χ2n) is 14.1. The van der Waals surface area contributed by atoms with Crippen molar-refractivity contribution in [1.29, 1.82) is 0 Å². The van der Waals surface area contributed by atoms with Gasteiger partial charge in [-0.2, -0.15) is 0 Å². The maximum Gasteiger partial charge on any atom is 0.216 e. The smallest absolute Gasteiger partial charge is 0.216 e. The van der Waals surface area contributed by atoms with Crippen LogP contribution in [0.25, 0.3) is 55.0 Å². The summed E-state index contributed by atoms with van der Waals surface area (Å²) in [5, 5.41) is 15.6. The van der Waals surface area contributed by atoms with Crippen LogP contribution in [0.4, 0.5) is 0 Å². The van der Waals surface area contributed by atoms with Gasteiger partial charge in [0, 0.05) is 59.2 Å². The minimum Gasteiger partial charge on any atom is -0.512 e. The average Bonchev–Trinajstić information content (AvgIpc) is 3.48. The van der Waals surface area contributed by atoms with Crippen LogP contribution in [0.3, 0.4) is 0 Å². The van der Waals surface area contributed by atoms with Gasteiger partial charge in [0.1, 0.15) is 11.6 Å². The van der Waals surface area contributed by atoms with Crippen LogP contribution in [-0.2, 0) is 24.9 Å². The van der Waals surface area contributed by atoms with Gasteiger partial charge >= 0.3 is 0 Å². The number of nitrogens with zero attached hydrogens (tertiary/aromatic N) is 3. The normalized spacial score (nSPS) is 12.4. The van der Waals surface area contributed by atoms with Crippen LogP contribution in [0.1, 0.15) is 104 Å². The molecule has 3 heterocycles. The number of pyridine rings is 1. The summed E-state index contributed by atoms with van der Waals surface area (Å²) in [7, 11) is 0. The second-order valence-corrected chi connectivity index (χ2v) is 14.1. The van der Waals surface area contributed by atoms with Crippen molar-refractivity contribution in [1.82, 2.24) is 15.0 Å². The Bertz CT molecular complexity index is 2190. The molecule has 0 bridgehead atoms. The van der Waals surface area contributed by atoms with Crippen LogP contribution in [-0.4, -0.2) is 25.8 Å². The zero-order valence-electron chi connectivity index (χ0n) is 31.1. The molecule has 1 N–H and O–H groups in total. The molecule has 265 valence electrons. The quantitative estimate of drug-likeness (QED) is 0.0675. The van der Waals surface area contributed by atoms with Crippen molar-refractivity contribution in [3.63, 3.8) is 0 Å². The van der Waals surface area contributed by atoms with Gasteiger partial charge in [-0.3, -0.25) is 9.78 Å². The second kappa shape index (κ2) is 15.5. The molecule has 0 saturated carbocycles. The summed E-state index contributed by atoms with van der Waals surface area (Å²) >= 11 is 0. The number of hydrogen-bond acceptors (Lipinski definition) is 6. The Balaban J connectivity index is 0.000000269. The number of carbonyl (C=O) groups is 1. The molecule has 6 aromatic rings. The molecule has 3 aromatic carbocycles. The van der Waals surface area contributed by atoms with Gasteiger partial charge in [-0.15, -0.1) is 18.2 Å². The Morgan fingerprint density at radius 2 is 1.52 bits per heavy atom. The van der Waals surface area contributed by atoms with Gasteiger partial charge in [0.25, 0.3) is 0 Å². The van der Waals surface area contributed by atoms with Crippen LogP contribution < -0.4 is 0 Å². The molecule has 7 heteroatoms. The number of aliphatic hydroxyl groups is 1. The van der Waals surface area contributed by atoms with E-state index in [1.165, 1.54) is 22.4 Å². The molecule has 3 aromatic heterocycles. The number of benzene rings is 3. The number of aromatic nitrogens is 3. The molecular weight excluding hydrogens is 799 g/mol. The maximum absolute atomic E-state index is 12.2. The zero-order valence-corrected chi connectivity index (χ0v) is 33.5. The Morgan fingerprint density at radius 3 is 2.16 bits per heavy atom. The molecule has 0 fully saturated rings. The first-order valence-electron chi connectivity index (χ1n) is 17.7. The molecule has 0 aliphatic heterocycles. The molecule has 0 unspecified atom stereocenters. The van der Waals surface area contributed by atoms with E-state index >= 15 is 0 Å². The first-order chi connectivity index (χ1) is 23.3. The molecule has 6 nitrogen and oxygen atoms in total. The monoisotopic (exact) mass is 849 g/mol. The minimum atomic E-state index is -0.337. The fourth-order valence-corrected chi connectivity index (χ4v) is 6.35. The molecule has 0 amide bonds. The molecule has 0 atom stereocenters. The van der Waals surface area contributed by atoms with E-state index in [1.54, 1.807) is 0 Å². The number of ketones is 1. The zero-order chi connectivity index (χ0) is 35.7. The third kappa shape index (κ3) is 7.27. The van der Waals surface area contributed by atoms with Gasteiger partial charge in [0.2, 0.25) is 5.71 Å². The average molecular weight is 849 g/mol.